The van der Waals surface area contributed by atoms with Crippen LogP contribution in [0.5, 0.6) is 0 Å². The van der Waals surface area contributed by atoms with E-state index in [9.17, 15) is 14.4 Å². The number of nitrogens with zero attached hydrogens (tertiary/aromatic N) is 1. The van der Waals surface area contributed by atoms with Gasteiger partial charge in [0.25, 0.3) is 11.8 Å². The van der Waals surface area contributed by atoms with Gasteiger partial charge in [0.15, 0.2) is 0 Å². The largest absolute Gasteiger partial charge is 0.461 e. The van der Waals surface area contributed by atoms with E-state index in [0.29, 0.717) is 17.5 Å². The third kappa shape index (κ3) is 3.67. The molecule has 0 radical (unpaired) electrons. The van der Waals surface area contributed by atoms with Crippen molar-refractivity contribution in [3.8, 4) is 0 Å². The SMILES string of the molecule is Cc1ccc(C)c(COC(=O)CCCN2C(=O)c3ccccc3C2=O)c1. The van der Waals surface area contributed by atoms with Crippen LogP contribution in [0.1, 0.15) is 50.2 Å². The van der Waals surface area contributed by atoms with E-state index in [1.165, 1.54) is 4.90 Å². The molecular weight excluding hydrogens is 330 g/mol. The predicted molar refractivity (Wildman–Crippen MR) is 96.8 cm³/mol. The average Bonchev–Trinajstić information content (AvgIpc) is 2.88. The number of benzene rings is 2. The Morgan fingerprint density at radius 1 is 1.00 bits per heavy atom. The number of esters is 1. The van der Waals surface area contributed by atoms with E-state index in [-0.39, 0.29) is 37.4 Å². The Morgan fingerprint density at radius 3 is 2.31 bits per heavy atom. The van der Waals surface area contributed by atoms with Gasteiger partial charge in [-0.3, -0.25) is 19.3 Å². The normalized spacial score (nSPS) is 13.1. The highest BCUT2D eigenvalue weighted by Crippen LogP contribution is 2.22. The van der Waals surface area contributed by atoms with Crippen molar-refractivity contribution in [2.24, 2.45) is 0 Å². The molecule has 0 atom stereocenters. The summed E-state index contributed by atoms with van der Waals surface area (Å²) in [7, 11) is 0. The average molecular weight is 351 g/mol. The smallest absolute Gasteiger partial charge is 0.306 e. The minimum absolute atomic E-state index is 0.165. The highest BCUT2D eigenvalue weighted by Gasteiger charge is 2.34. The Kier molecular flexibility index (Phi) is 5.16. The van der Waals surface area contributed by atoms with Crippen LogP contribution < -0.4 is 0 Å². The molecule has 2 aromatic carbocycles. The van der Waals surface area contributed by atoms with E-state index in [0.717, 1.165) is 16.7 Å². The van der Waals surface area contributed by atoms with E-state index in [1.807, 2.05) is 32.0 Å². The third-order valence-electron chi connectivity index (χ3n) is 4.53. The van der Waals surface area contributed by atoms with Crippen LogP contribution in [-0.2, 0) is 16.1 Å². The van der Waals surface area contributed by atoms with Gasteiger partial charge in [-0.05, 0) is 43.5 Å². The van der Waals surface area contributed by atoms with Crippen molar-refractivity contribution >= 4 is 17.8 Å². The number of ether oxygens (including phenoxy) is 1. The molecule has 0 aliphatic carbocycles. The molecule has 2 amide bonds. The summed E-state index contributed by atoms with van der Waals surface area (Å²) < 4.78 is 5.32. The minimum atomic E-state index is -0.331. The lowest BCUT2D eigenvalue weighted by molar-refractivity contribution is -0.145. The van der Waals surface area contributed by atoms with Gasteiger partial charge in [-0.2, -0.15) is 0 Å². The summed E-state index contributed by atoms with van der Waals surface area (Å²) in [6.07, 6.45) is 0.551. The maximum atomic E-state index is 12.3. The molecule has 26 heavy (non-hydrogen) atoms. The molecule has 0 fully saturated rings. The van der Waals surface area contributed by atoms with Crippen molar-refractivity contribution in [1.82, 2.24) is 4.90 Å². The zero-order chi connectivity index (χ0) is 18.7. The second-order valence-corrected chi connectivity index (χ2v) is 6.50. The first-order valence-electron chi connectivity index (χ1n) is 8.64. The molecule has 0 spiro atoms. The zero-order valence-corrected chi connectivity index (χ0v) is 15.0. The summed E-state index contributed by atoms with van der Waals surface area (Å²) in [5.74, 6) is -0.925. The number of fused-ring (bicyclic) bond motifs is 1. The fourth-order valence-electron chi connectivity index (χ4n) is 3.01. The van der Waals surface area contributed by atoms with E-state index in [2.05, 4.69) is 0 Å². The molecule has 0 saturated carbocycles. The van der Waals surface area contributed by atoms with Crippen LogP contribution in [0.3, 0.4) is 0 Å². The molecule has 5 heteroatoms. The van der Waals surface area contributed by atoms with Gasteiger partial charge in [0.1, 0.15) is 6.61 Å². The summed E-state index contributed by atoms with van der Waals surface area (Å²) in [5.41, 5.74) is 4.03. The van der Waals surface area contributed by atoms with Gasteiger partial charge in [0.2, 0.25) is 0 Å². The fourth-order valence-corrected chi connectivity index (χ4v) is 3.01. The highest BCUT2D eigenvalue weighted by molar-refractivity contribution is 6.21. The molecule has 0 aromatic heterocycles. The highest BCUT2D eigenvalue weighted by atomic mass is 16.5. The van der Waals surface area contributed by atoms with E-state index in [4.69, 9.17) is 4.74 Å². The topological polar surface area (TPSA) is 63.7 Å². The Labute approximate surface area is 152 Å². The third-order valence-corrected chi connectivity index (χ3v) is 4.53. The first-order chi connectivity index (χ1) is 12.5. The molecule has 3 rings (SSSR count). The van der Waals surface area contributed by atoms with Crippen LogP contribution in [0, 0.1) is 13.8 Å². The number of aryl methyl sites for hydroxylation is 2. The predicted octanol–water partition coefficient (Wildman–Crippen LogP) is 3.42. The summed E-state index contributed by atoms with van der Waals surface area (Å²) in [6, 6.07) is 12.8. The summed E-state index contributed by atoms with van der Waals surface area (Å²) in [6.45, 7) is 4.42. The van der Waals surface area contributed by atoms with Gasteiger partial charge in [-0.1, -0.05) is 35.9 Å². The lowest BCUT2D eigenvalue weighted by Gasteiger charge is -2.13. The molecular formula is C21H21NO4. The second-order valence-electron chi connectivity index (χ2n) is 6.50. The number of hydrogen-bond donors (Lipinski definition) is 0. The van der Waals surface area contributed by atoms with Gasteiger partial charge in [-0.25, -0.2) is 0 Å². The lowest BCUT2D eigenvalue weighted by atomic mass is 10.1. The van der Waals surface area contributed by atoms with Crippen molar-refractivity contribution in [1.29, 1.82) is 0 Å². The van der Waals surface area contributed by atoms with Crippen molar-refractivity contribution in [2.45, 2.75) is 33.3 Å². The monoisotopic (exact) mass is 351 g/mol. The van der Waals surface area contributed by atoms with Crippen LogP contribution in [0.15, 0.2) is 42.5 Å². The van der Waals surface area contributed by atoms with Crippen molar-refractivity contribution in [3.05, 3.63) is 70.3 Å². The van der Waals surface area contributed by atoms with Crippen LogP contribution in [0.25, 0.3) is 0 Å². The fraction of sp³-hybridized carbons (Fsp3) is 0.286. The van der Waals surface area contributed by atoms with Crippen molar-refractivity contribution < 1.29 is 19.1 Å². The minimum Gasteiger partial charge on any atom is -0.461 e. The first-order valence-corrected chi connectivity index (χ1v) is 8.64. The van der Waals surface area contributed by atoms with Crippen LogP contribution >= 0.6 is 0 Å². The number of rotatable bonds is 6. The lowest BCUT2D eigenvalue weighted by Crippen LogP contribution is -2.31. The number of imide groups is 1. The zero-order valence-electron chi connectivity index (χ0n) is 15.0. The van der Waals surface area contributed by atoms with Gasteiger partial charge in [-0.15, -0.1) is 0 Å². The van der Waals surface area contributed by atoms with Gasteiger partial charge < -0.3 is 4.74 Å². The summed E-state index contributed by atoms with van der Waals surface area (Å²) in [5, 5.41) is 0. The summed E-state index contributed by atoms with van der Waals surface area (Å²) in [4.78, 5) is 37.7. The Morgan fingerprint density at radius 2 is 1.65 bits per heavy atom. The molecule has 0 unspecified atom stereocenters. The molecule has 0 N–H and O–H groups in total. The van der Waals surface area contributed by atoms with E-state index < -0.39 is 0 Å². The van der Waals surface area contributed by atoms with Crippen LogP contribution in [-0.4, -0.2) is 29.2 Å². The van der Waals surface area contributed by atoms with Gasteiger partial charge in [0.05, 0.1) is 11.1 Å². The number of carbonyl (C=O) groups excluding carboxylic acids is 3. The maximum absolute atomic E-state index is 12.3. The quantitative estimate of drug-likeness (QED) is 0.591. The van der Waals surface area contributed by atoms with E-state index in [1.54, 1.807) is 24.3 Å². The Bertz CT molecular complexity index is 837. The van der Waals surface area contributed by atoms with Gasteiger partial charge in [0, 0.05) is 13.0 Å². The van der Waals surface area contributed by atoms with Crippen molar-refractivity contribution in [3.63, 3.8) is 0 Å². The molecule has 1 aliphatic rings. The maximum Gasteiger partial charge on any atom is 0.306 e. The van der Waals surface area contributed by atoms with Crippen molar-refractivity contribution in [2.75, 3.05) is 6.54 Å². The van der Waals surface area contributed by atoms with Gasteiger partial charge >= 0.3 is 5.97 Å². The Hall–Kier alpha value is -2.95. The second kappa shape index (κ2) is 7.52. The van der Waals surface area contributed by atoms with Crippen LogP contribution in [0.2, 0.25) is 0 Å². The molecule has 2 aromatic rings. The Balaban J connectivity index is 1.48. The number of amides is 2. The van der Waals surface area contributed by atoms with Crippen LogP contribution in [0.4, 0.5) is 0 Å². The molecule has 5 nitrogen and oxygen atoms in total. The summed E-state index contributed by atoms with van der Waals surface area (Å²) >= 11 is 0. The number of carbonyl (C=O) groups is 3. The molecule has 1 aliphatic heterocycles. The molecule has 0 saturated heterocycles. The standard InChI is InChI=1S/C21H21NO4/c1-14-9-10-15(2)16(12-14)13-26-19(23)8-5-11-22-20(24)17-6-3-4-7-18(17)21(22)25/h3-4,6-7,9-10,12H,5,8,11,13H2,1-2H3. The molecule has 0 bridgehead atoms. The van der Waals surface area contributed by atoms with E-state index >= 15 is 0 Å². The first kappa shape index (κ1) is 17.9. The molecule has 134 valence electrons. The molecule has 1 heterocycles. The number of hydrogen-bond acceptors (Lipinski definition) is 4.